The third-order valence-electron chi connectivity index (χ3n) is 2.40. The molecular weight excluding hydrogens is 204 g/mol. The van der Waals surface area contributed by atoms with E-state index in [1.54, 1.807) is 6.26 Å². The van der Waals surface area contributed by atoms with Gasteiger partial charge in [0.15, 0.2) is 0 Å². The Bertz CT molecular complexity index is 511. The van der Waals surface area contributed by atoms with Crippen LogP contribution in [0.15, 0.2) is 41.2 Å². The van der Waals surface area contributed by atoms with Crippen LogP contribution in [0.2, 0.25) is 0 Å². The molecule has 0 N–H and O–H groups in total. The molecule has 0 saturated heterocycles. The Hall–Kier alpha value is -2.03. The summed E-state index contributed by atoms with van der Waals surface area (Å²) in [5.41, 5.74) is 3.30. The molecular formula is C13H12O3. The first-order valence-corrected chi connectivity index (χ1v) is 4.94. The van der Waals surface area contributed by atoms with Gasteiger partial charge in [-0.3, -0.25) is 0 Å². The summed E-state index contributed by atoms with van der Waals surface area (Å²) in [5, 5.41) is 0. The summed E-state index contributed by atoms with van der Waals surface area (Å²) >= 11 is 0. The molecule has 0 fully saturated rings. The van der Waals surface area contributed by atoms with Crippen molar-refractivity contribution in [3.8, 4) is 11.1 Å². The number of hydrogen-bond donors (Lipinski definition) is 0. The lowest BCUT2D eigenvalue weighted by molar-refractivity contribution is 0.0600. The number of carbonyl (C=O) groups excluding carboxylic acids is 1. The van der Waals surface area contributed by atoms with Crippen molar-refractivity contribution in [1.29, 1.82) is 0 Å². The van der Waals surface area contributed by atoms with Gasteiger partial charge in [0.25, 0.3) is 0 Å². The number of furan rings is 1. The third kappa shape index (κ3) is 1.84. The van der Waals surface area contributed by atoms with E-state index in [1.165, 1.54) is 13.4 Å². The van der Waals surface area contributed by atoms with Crippen molar-refractivity contribution < 1.29 is 13.9 Å². The van der Waals surface area contributed by atoms with Gasteiger partial charge < -0.3 is 9.15 Å². The third-order valence-corrected chi connectivity index (χ3v) is 2.40. The van der Waals surface area contributed by atoms with Crippen LogP contribution in [0.5, 0.6) is 0 Å². The van der Waals surface area contributed by atoms with Crippen LogP contribution in [0.3, 0.4) is 0 Å². The second-order valence-corrected chi connectivity index (χ2v) is 3.56. The van der Waals surface area contributed by atoms with Gasteiger partial charge in [-0.1, -0.05) is 29.8 Å². The Morgan fingerprint density at radius 2 is 2.12 bits per heavy atom. The molecule has 0 aliphatic heterocycles. The molecule has 0 bridgehead atoms. The minimum Gasteiger partial charge on any atom is -0.471 e. The second kappa shape index (κ2) is 4.23. The number of esters is 1. The average molecular weight is 216 g/mol. The fourth-order valence-corrected chi connectivity index (χ4v) is 1.60. The molecule has 2 aromatic rings. The number of hydrogen-bond acceptors (Lipinski definition) is 3. The summed E-state index contributed by atoms with van der Waals surface area (Å²) in [6.07, 6.45) is 2.96. The standard InChI is InChI=1S/C13H12O3/c1-9-4-3-5-10(6-9)11-7-16-8-12(11)13(14)15-2/h3-8H,1-2H3. The highest BCUT2D eigenvalue weighted by Gasteiger charge is 2.15. The summed E-state index contributed by atoms with van der Waals surface area (Å²) in [6, 6.07) is 7.88. The van der Waals surface area contributed by atoms with E-state index in [9.17, 15) is 4.79 Å². The summed E-state index contributed by atoms with van der Waals surface area (Å²) in [7, 11) is 1.36. The molecule has 0 radical (unpaired) electrons. The van der Waals surface area contributed by atoms with Crippen LogP contribution in [0.4, 0.5) is 0 Å². The van der Waals surface area contributed by atoms with E-state index < -0.39 is 0 Å². The molecule has 0 atom stereocenters. The predicted octanol–water partition coefficient (Wildman–Crippen LogP) is 3.04. The van der Waals surface area contributed by atoms with E-state index in [1.807, 2.05) is 31.2 Å². The highest BCUT2D eigenvalue weighted by Crippen LogP contribution is 2.26. The first kappa shape index (κ1) is 10.5. The second-order valence-electron chi connectivity index (χ2n) is 3.56. The van der Waals surface area contributed by atoms with Crippen LogP contribution < -0.4 is 0 Å². The topological polar surface area (TPSA) is 39.4 Å². The van der Waals surface area contributed by atoms with Gasteiger partial charge >= 0.3 is 5.97 Å². The lowest BCUT2D eigenvalue weighted by Crippen LogP contribution is -2.00. The van der Waals surface area contributed by atoms with Crippen LogP contribution in [0, 0.1) is 6.92 Å². The summed E-state index contributed by atoms with van der Waals surface area (Å²) in [5.74, 6) is -0.384. The molecule has 3 nitrogen and oxygen atoms in total. The van der Waals surface area contributed by atoms with Gasteiger partial charge in [-0.05, 0) is 12.5 Å². The molecule has 82 valence electrons. The van der Waals surface area contributed by atoms with E-state index in [0.717, 1.165) is 16.7 Å². The molecule has 0 unspecified atom stereocenters. The van der Waals surface area contributed by atoms with Crippen LogP contribution in [0.25, 0.3) is 11.1 Å². The zero-order valence-corrected chi connectivity index (χ0v) is 9.19. The molecule has 0 aliphatic rings. The molecule has 0 aliphatic carbocycles. The molecule has 1 heterocycles. The first-order chi connectivity index (χ1) is 7.72. The monoisotopic (exact) mass is 216 g/mol. The van der Waals surface area contributed by atoms with Crippen molar-refractivity contribution in [2.75, 3.05) is 7.11 Å². The van der Waals surface area contributed by atoms with Crippen LogP contribution in [0.1, 0.15) is 15.9 Å². The van der Waals surface area contributed by atoms with Gasteiger partial charge in [0.2, 0.25) is 0 Å². The smallest absolute Gasteiger partial charge is 0.341 e. The van der Waals surface area contributed by atoms with Crippen molar-refractivity contribution in [3.05, 3.63) is 47.9 Å². The van der Waals surface area contributed by atoms with Crippen molar-refractivity contribution in [2.45, 2.75) is 6.92 Å². The van der Waals surface area contributed by atoms with E-state index in [4.69, 9.17) is 4.42 Å². The minimum atomic E-state index is -0.384. The molecule has 3 heteroatoms. The summed E-state index contributed by atoms with van der Waals surface area (Å²) in [4.78, 5) is 11.5. The lowest BCUT2D eigenvalue weighted by Gasteiger charge is -2.02. The van der Waals surface area contributed by atoms with Gasteiger partial charge in [-0.2, -0.15) is 0 Å². The quantitative estimate of drug-likeness (QED) is 0.724. The minimum absolute atomic E-state index is 0.384. The Morgan fingerprint density at radius 3 is 2.81 bits per heavy atom. The first-order valence-electron chi connectivity index (χ1n) is 4.94. The van der Waals surface area contributed by atoms with Crippen molar-refractivity contribution in [1.82, 2.24) is 0 Å². The normalized spacial score (nSPS) is 10.1. The maximum Gasteiger partial charge on any atom is 0.341 e. The van der Waals surface area contributed by atoms with E-state index in [0.29, 0.717) is 5.56 Å². The predicted molar refractivity (Wildman–Crippen MR) is 60.2 cm³/mol. The highest BCUT2D eigenvalue weighted by atomic mass is 16.5. The van der Waals surface area contributed by atoms with Gasteiger partial charge in [0.05, 0.1) is 13.4 Å². The average Bonchev–Trinajstić information content (AvgIpc) is 2.77. The lowest BCUT2D eigenvalue weighted by atomic mass is 10.0. The number of aryl methyl sites for hydroxylation is 1. The van der Waals surface area contributed by atoms with Crippen LogP contribution in [-0.2, 0) is 4.74 Å². The number of rotatable bonds is 2. The molecule has 2 rings (SSSR count). The zero-order valence-electron chi connectivity index (χ0n) is 9.19. The molecule has 0 saturated carbocycles. The van der Waals surface area contributed by atoms with Crippen molar-refractivity contribution >= 4 is 5.97 Å². The fourth-order valence-electron chi connectivity index (χ4n) is 1.60. The summed E-state index contributed by atoms with van der Waals surface area (Å²) < 4.78 is 9.75. The fraction of sp³-hybridized carbons (Fsp3) is 0.154. The van der Waals surface area contributed by atoms with E-state index in [-0.39, 0.29) is 5.97 Å². The van der Waals surface area contributed by atoms with Crippen molar-refractivity contribution in [2.24, 2.45) is 0 Å². The Morgan fingerprint density at radius 1 is 1.31 bits per heavy atom. The number of carbonyl (C=O) groups is 1. The Labute approximate surface area is 93.7 Å². The van der Waals surface area contributed by atoms with Crippen LogP contribution >= 0.6 is 0 Å². The van der Waals surface area contributed by atoms with Crippen molar-refractivity contribution in [3.63, 3.8) is 0 Å². The number of methoxy groups -OCH3 is 1. The largest absolute Gasteiger partial charge is 0.471 e. The molecule has 16 heavy (non-hydrogen) atoms. The van der Waals surface area contributed by atoms with Gasteiger partial charge in [-0.25, -0.2) is 4.79 Å². The number of ether oxygens (including phenoxy) is 1. The maximum absolute atomic E-state index is 11.5. The van der Waals surface area contributed by atoms with E-state index >= 15 is 0 Å². The zero-order chi connectivity index (χ0) is 11.5. The van der Waals surface area contributed by atoms with Gasteiger partial charge in [0.1, 0.15) is 11.8 Å². The Kier molecular flexibility index (Phi) is 2.77. The molecule has 0 spiro atoms. The summed E-state index contributed by atoms with van der Waals surface area (Å²) in [6.45, 7) is 2.00. The molecule has 1 aromatic heterocycles. The van der Waals surface area contributed by atoms with Crippen LogP contribution in [-0.4, -0.2) is 13.1 Å². The molecule has 0 amide bonds. The van der Waals surface area contributed by atoms with Gasteiger partial charge in [0, 0.05) is 5.56 Å². The van der Waals surface area contributed by atoms with E-state index in [2.05, 4.69) is 4.74 Å². The molecule has 1 aromatic carbocycles. The maximum atomic E-state index is 11.5. The van der Waals surface area contributed by atoms with Gasteiger partial charge in [-0.15, -0.1) is 0 Å². The Balaban J connectivity index is 2.48. The SMILES string of the molecule is COC(=O)c1cocc1-c1cccc(C)c1. The highest BCUT2D eigenvalue weighted by molar-refractivity contribution is 5.96. The number of benzene rings is 1.